The van der Waals surface area contributed by atoms with Gasteiger partial charge in [-0.25, -0.2) is 0 Å². The summed E-state index contributed by atoms with van der Waals surface area (Å²) in [7, 11) is 0. The zero-order valence-electron chi connectivity index (χ0n) is 8.80. The van der Waals surface area contributed by atoms with Gasteiger partial charge in [-0.2, -0.15) is 0 Å². The summed E-state index contributed by atoms with van der Waals surface area (Å²) in [6.45, 7) is 8.26. The lowest BCUT2D eigenvalue weighted by molar-refractivity contribution is 0.0591. The summed E-state index contributed by atoms with van der Waals surface area (Å²) >= 11 is 0. The molecule has 0 aliphatic heterocycles. The molecular formula is C11H22O. The molecule has 0 bridgehead atoms. The van der Waals surface area contributed by atoms with Crippen LogP contribution >= 0.6 is 0 Å². The molecule has 0 amide bonds. The van der Waals surface area contributed by atoms with Gasteiger partial charge in [-0.3, -0.25) is 0 Å². The molecule has 2 atom stereocenters. The lowest BCUT2D eigenvalue weighted by Gasteiger charge is -2.18. The molecule has 0 saturated heterocycles. The highest BCUT2D eigenvalue weighted by Crippen LogP contribution is 2.15. The Labute approximate surface area is 76.5 Å². The molecule has 0 aliphatic rings. The van der Waals surface area contributed by atoms with Crippen molar-refractivity contribution >= 4 is 0 Å². The molecule has 72 valence electrons. The van der Waals surface area contributed by atoms with Crippen LogP contribution in [0.1, 0.15) is 47.0 Å². The maximum atomic E-state index is 9.66. The van der Waals surface area contributed by atoms with Crippen LogP contribution in [-0.2, 0) is 0 Å². The number of rotatable bonds is 5. The highest BCUT2D eigenvalue weighted by atomic mass is 16.3. The zero-order valence-corrected chi connectivity index (χ0v) is 8.80. The Hall–Kier alpha value is -0.300. The highest BCUT2D eigenvalue weighted by molar-refractivity contribution is 4.91. The van der Waals surface area contributed by atoms with Gasteiger partial charge in [0.2, 0.25) is 0 Å². The fraction of sp³-hybridized carbons (Fsp3) is 0.818. The Morgan fingerprint density at radius 1 is 1.42 bits per heavy atom. The van der Waals surface area contributed by atoms with Gasteiger partial charge in [0.05, 0.1) is 5.60 Å². The van der Waals surface area contributed by atoms with Gasteiger partial charge in [-0.1, -0.05) is 39.3 Å². The molecule has 0 radical (unpaired) electrons. The molecule has 1 heteroatoms. The van der Waals surface area contributed by atoms with E-state index >= 15 is 0 Å². The van der Waals surface area contributed by atoms with E-state index in [4.69, 9.17) is 0 Å². The minimum atomic E-state index is -0.510. The van der Waals surface area contributed by atoms with E-state index in [1.165, 1.54) is 6.42 Å². The fourth-order valence-electron chi connectivity index (χ4n) is 0.835. The van der Waals surface area contributed by atoms with E-state index in [-0.39, 0.29) is 0 Å². The second-order valence-electron chi connectivity index (χ2n) is 3.87. The lowest BCUT2D eigenvalue weighted by atomic mass is 9.98. The summed E-state index contributed by atoms with van der Waals surface area (Å²) in [5.74, 6) is 0.637. The van der Waals surface area contributed by atoms with Crippen molar-refractivity contribution in [1.82, 2.24) is 0 Å². The average Bonchev–Trinajstić information content (AvgIpc) is 2.04. The second-order valence-corrected chi connectivity index (χ2v) is 3.87. The van der Waals surface area contributed by atoms with Gasteiger partial charge >= 0.3 is 0 Å². The second kappa shape index (κ2) is 5.36. The third-order valence-corrected chi connectivity index (χ3v) is 2.43. The summed E-state index contributed by atoms with van der Waals surface area (Å²) in [5, 5.41) is 9.66. The van der Waals surface area contributed by atoms with Crippen LogP contribution in [0.15, 0.2) is 12.2 Å². The summed E-state index contributed by atoms with van der Waals surface area (Å²) in [4.78, 5) is 0. The summed E-state index contributed by atoms with van der Waals surface area (Å²) in [5.41, 5.74) is -0.510. The highest BCUT2D eigenvalue weighted by Gasteiger charge is 2.14. The molecule has 2 unspecified atom stereocenters. The van der Waals surface area contributed by atoms with Gasteiger partial charge in [0.15, 0.2) is 0 Å². The fourth-order valence-corrected chi connectivity index (χ4v) is 0.835. The van der Waals surface area contributed by atoms with Crippen LogP contribution in [-0.4, -0.2) is 10.7 Å². The van der Waals surface area contributed by atoms with E-state index < -0.39 is 5.60 Å². The summed E-state index contributed by atoms with van der Waals surface area (Å²) in [6, 6.07) is 0. The van der Waals surface area contributed by atoms with Crippen molar-refractivity contribution in [3.05, 3.63) is 12.2 Å². The molecule has 0 aromatic heterocycles. The van der Waals surface area contributed by atoms with E-state index in [0.717, 1.165) is 12.8 Å². The normalized spacial score (nSPS) is 19.4. The molecule has 1 N–H and O–H groups in total. The van der Waals surface area contributed by atoms with Crippen molar-refractivity contribution < 1.29 is 5.11 Å². The van der Waals surface area contributed by atoms with Crippen molar-refractivity contribution in [2.75, 3.05) is 0 Å². The first kappa shape index (κ1) is 11.7. The van der Waals surface area contributed by atoms with Crippen molar-refractivity contribution in [3.63, 3.8) is 0 Å². The maximum absolute atomic E-state index is 9.66. The Balaban J connectivity index is 3.73. The van der Waals surface area contributed by atoms with Crippen LogP contribution in [0.4, 0.5) is 0 Å². The predicted octanol–water partition coefficient (Wildman–Crippen LogP) is 3.14. The molecule has 0 aliphatic carbocycles. The Kier molecular flexibility index (Phi) is 5.23. The number of allylic oxidation sites excluding steroid dienone is 1. The third kappa shape index (κ3) is 5.36. The van der Waals surface area contributed by atoms with E-state index in [1.54, 1.807) is 0 Å². The molecule has 0 heterocycles. The van der Waals surface area contributed by atoms with E-state index in [1.807, 2.05) is 13.8 Å². The summed E-state index contributed by atoms with van der Waals surface area (Å²) in [6.07, 6.45) is 7.04. The topological polar surface area (TPSA) is 20.2 Å². The van der Waals surface area contributed by atoms with Crippen LogP contribution in [0, 0.1) is 5.92 Å². The smallest absolute Gasteiger partial charge is 0.0651 e. The van der Waals surface area contributed by atoms with E-state index in [0.29, 0.717) is 5.92 Å². The first-order chi connectivity index (χ1) is 5.52. The van der Waals surface area contributed by atoms with Gasteiger partial charge < -0.3 is 5.11 Å². The monoisotopic (exact) mass is 170 g/mol. The van der Waals surface area contributed by atoms with Gasteiger partial charge in [-0.15, -0.1) is 0 Å². The molecule has 0 fully saturated rings. The average molecular weight is 170 g/mol. The van der Waals surface area contributed by atoms with Crippen molar-refractivity contribution in [3.8, 4) is 0 Å². The van der Waals surface area contributed by atoms with Crippen molar-refractivity contribution in [2.45, 2.75) is 52.6 Å². The molecule has 0 aromatic rings. The van der Waals surface area contributed by atoms with Gasteiger partial charge in [-0.05, 0) is 25.7 Å². The summed E-state index contributed by atoms with van der Waals surface area (Å²) < 4.78 is 0. The van der Waals surface area contributed by atoms with Crippen LogP contribution in [0.25, 0.3) is 0 Å². The standard InChI is InChI=1S/C11H22O/c1-5-10(3)8-7-9-11(4,12)6-2/h7-8,10,12H,5-6,9H2,1-4H3/b8-7+. The minimum Gasteiger partial charge on any atom is -0.390 e. The molecule has 0 spiro atoms. The largest absolute Gasteiger partial charge is 0.390 e. The van der Waals surface area contributed by atoms with Crippen molar-refractivity contribution in [2.24, 2.45) is 5.92 Å². The van der Waals surface area contributed by atoms with Gasteiger partial charge in [0, 0.05) is 0 Å². The Morgan fingerprint density at radius 2 is 2.00 bits per heavy atom. The maximum Gasteiger partial charge on any atom is 0.0651 e. The van der Waals surface area contributed by atoms with Crippen LogP contribution in [0.5, 0.6) is 0 Å². The number of hydrogen-bond acceptors (Lipinski definition) is 1. The molecule has 0 rings (SSSR count). The molecule has 1 nitrogen and oxygen atoms in total. The minimum absolute atomic E-state index is 0.510. The number of hydrogen-bond donors (Lipinski definition) is 1. The SMILES string of the molecule is CCC(C)/C=C/CC(C)(O)CC. The lowest BCUT2D eigenvalue weighted by Crippen LogP contribution is -2.21. The Morgan fingerprint density at radius 3 is 2.42 bits per heavy atom. The van der Waals surface area contributed by atoms with Crippen LogP contribution < -0.4 is 0 Å². The molecular weight excluding hydrogens is 148 g/mol. The molecule has 0 aromatic carbocycles. The van der Waals surface area contributed by atoms with E-state index in [9.17, 15) is 5.11 Å². The van der Waals surface area contributed by atoms with E-state index in [2.05, 4.69) is 26.0 Å². The number of aliphatic hydroxyl groups is 1. The van der Waals surface area contributed by atoms with Gasteiger partial charge in [0.1, 0.15) is 0 Å². The quantitative estimate of drug-likeness (QED) is 0.628. The van der Waals surface area contributed by atoms with Gasteiger partial charge in [0.25, 0.3) is 0 Å². The van der Waals surface area contributed by atoms with Crippen LogP contribution in [0.2, 0.25) is 0 Å². The van der Waals surface area contributed by atoms with Crippen molar-refractivity contribution in [1.29, 1.82) is 0 Å². The molecule has 12 heavy (non-hydrogen) atoms. The Bertz CT molecular complexity index is 136. The first-order valence-electron chi connectivity index (χ1n) is 4.91. The predicted molar refractivity (Wildman–Crippen MR) is 54.1 cm³/mol. The third-order valence-electron chi connectivity index (χ3n) is 2.43. The van der Waals surface area contributed by atoms with Crippen LogP contribution in [0.3, 0.4) is 0 Å². The first-order valence-corrected chi connectivity index (χ1v) is 4.91. The molecule has 0 saturated carbocycles. The zero-order chi connectivity index (χ0) is 9.61.